The van der Waals surface area contributed by atoms with Gasteiger partial charge >= 0.3 is 12.1 Å². The molecule has 0 aliphatic carbocycles. The number of aromatic carboxylic acids is 1. The fourth-order valence-corrected chi connectivity index (χ4v) is 1.83. The molecule has 2 rings (SSSR count). The van der Waals surface area contributed by atoms with Gasteiger partial charge in [0, 0.05) is 17.8 Å². The summed E-state index contributed by atoms with van der Waals surface area (Å²) < 4.78 is 6.37. The van der Waals surface area contributed by atoms with E-state index in [9.17, 15) is 14.7 Å². The number of aromatic nitrogens is 2. The van der Waals surface area contributed by atoms with Gasteiger partial charge in [-0.15, -0.1) is 0 Å². The maximum absolute atomic E-state index is 12.1. The highest BCUT2D eigenvalue weighted by Crippen LogP contribution is 2.22. The van der Waals surface area contributed by atoms with Crippen molar-refractivity contribution in [2.24, 2.45) is 0 Å². The van der Waals surface area contributed by atoms with Gasteiger partial charge in [-0.05, 0) is 39.3 Å². The summed E-state index contributed by atoms with van der Waals surface area (Å²) in [6, 6.07) is 1.69. The van der Waals surface area contributed by atoms with Gasteiger partial charge in [-0.25, -0.2) is 19.1 Å². The standard InChI is InChI=1S/C14H16N2O4/c1-8-5-9-10(12(17)18)7-16(11(9)15-6-8)13(19)20-14(2,3)4/h5-7H,1-4H3,(H,17,18). The van der Waals surface area contributed by atoms with Crippen LogP contribution in [-0.2, 0) is 4.74 Å². The molecule has 0 spiro atoms. The van der Waals surface area contributed by atoms with Crippen LogP contribution < -0.4 is 0 Å². The molecule has 20 heavy (non-hydrogen) atoms. The Morgan fingerprint density at radius 2 is 2.00 bits per heavy atom. The molecule has 0 unspecified atom stereocenters. The number of nitrogens with zero attached hydrogens (tertiary/aromatic N) is 2. The molecule has 0 aliphatic rings. The second kappa shape index (κ2) is 4.63. The Balaban J connectivity index is 2.60. The lowest BCUT2D eigenvalue weighted by Crippen LogP contribution is -2.26. The van der Waals surface area contributed by atoms with E-state index in [1.807, 2.05) is 6.92 Å². The fourth-order valence-electron chi connectivity index (χ4n) is 1.83. The van der Waals surface area contributed by atoms with Crippen LogP contribution in [-0.4, -0.2) is 32.3 Å². The monoisotopic (exact) mass is 276 g/mol. The summed E-state index contributed by atoms with van der Waals surface area (Å²) in [5.74, 6) is -1.11. The molecule has 0 bridgehead atoms. The summed E-state index contributed by atoms with van der Waals surface area (Å²) in [5.41, 5.74) is 0.466. The van der Waals surface area contributed by atoms with Gasteiger partial charge in [-0.1, -0.05) is 0 Å². The molecule has 106 valence electrons. The van der Waals surface area contributed by atoms with E-state index >= 15 is 0 Å². The molecule has 6 heteroatoms. The van der Waals surface area contributed by atoms with Crippen LogP contribution in [0, 0.1) is 6.92 Å². The predicted molar refractivity (Wildman–Crippen MR) is 73.1 cm³/mol. The number of hydrogen-bond acceptors (Lipinski definition) is 4. The quantitative estimate of drug-likeness (QED) is 0.866. The summed E-state index contributed by atoms with van der Waals surface area (Å²) in [4.78, 5) is 27.5. The van der Waals surface area contributed by atoms with Crippen molar-refractivity contribution in [1.29, 1.82) is 0 Å². The van der Waals surface area contributed by atoms with Gasteiger partial charge in [-0.2, -0.15) is 0 Å². The molecular formula is C14H16N2O4. The SMILES string of the molecule is Cc1cnc2c(c1)c(C(=O)O)cn2C(=O)OC(C)(C)C. The van der Waals surface area contributed by atoms with Crippen molar-refractivity contribution in [3.05, 3.63) is 29.6 Å². The van der Waals surface area contributed by atoms with Gasteiger partial charge in [0.1, 0.15) is 11.2 Å². The smallest absolute Gasteiger partial charge is 0.420 e. The van der Waals surface area contributed by atoms with Crippen molar-refractivity contribution >= 4 is 23.1 Å². The number of carbonyl (C=O) groups excluding carboxylic acids is 1. The molecule has 0 aromatic carbocycles. The van der Waals surface area contributed by atoms with Crippen LogP contribution in [0.1, 0.15) is 36.7 Å². The highest BCUT2D eigenvalue weighted by Gasteiger charge is 2.23. The molecule has 0 amide bonds. The first kappa shape index (κ1) is 14.0. The van der Waals surface area contributed by atoms with Gasteiger partial charge in [0.25, 0.3) is 0 Å². The van der Waals surface area contributed by atoms with Crippen LogP contribution >= 0.6 is 0 Å². The third kappa shape index (κ3) is 2.64. The van der Waals surface area contributed by atoms with E-state index in [-0.39, 0.29) is 11.2 Å². The topological polar surface area (TPSA) is 81.4 Å². The van der Waals surface area contributed by atoms with Crippen molar-refractivity contribution in [1.82, 2.24) is 9.55 Å². The first-order valence-electron chi connectivity index (χ1n) is 6.13. The summed E-state index contributed by atoms with van der Waals surface area (Å²) >= 11 is 0. The van der Waals surface area contributed by atoms with E-state index in [4.69, 9.17) is 4.74 Å². The average molecular weight is 276 g/mol. The lowest BCUT2D eigenvalue weighted by molar-refractivity contribution is 0.0543. The van der Waals surface area contributed by atoms with E-state index in [0.717, 1.165) is 10.1 Å². The van der Waals surface area contributed by atoms with E-state index < -0.39 is 17.7 Å². The number of pyridine rings is 1. The Morgan fingerprint density at radius 1 is 1.35 bits per heavy atom. The lowest BCUT2D eigenvalue weighted by Gasteiger charge is -2.19. The summed E-state index contributed by atoms with van der Waals surface area (Å²) in [6.07, 6.45) is 2.17. The highest BCUT2D eigenvalue weighted by molar-refractivity contribution is 6.04. The molecule has 1 N–H and O–H groups in total. The fraction of sp³-hybridized carbons (Fsp3) is 0.357. The molecule has 0 fully saturated rings. The molecule has 0 radical (unpaired) electrons. The molecule has 2 aromatic heterocycles. The molecule has 2 aromatic rings. The zero-order chi connectivity index (χ0) is 15.1. The number of rotatable bonds is 1. The van der Waals surface area contributed by atoms with Crippen molar-refractivity contribution in [3.63, 3.8) is 0 Å². The molecule has 0 atom stereocenters. The average Bonchev–Trinajstić information content (AvgIpc) is 2.65. The first-order chi connectivity index (χ1) is 9.19. The van der Waals surface area contributed by atoms with Crippen LogP contribution in [0.4, 0.5) is 4.79 Å². The lowest BCUT2D eigenvalue weighted by atomic mass is 10.2. The van der Waals surface area contributed by atoms with Crippen LogP contribution in [0.5, 0.6) is 0 Å². The van der Waals surface area contributed by atoms with E-state index in [0.29, 0.717) is 5.39 Å². The summed E-state index contributed by atoms with van der Waals surface area (Å²) in [5, 5.41) is 9.63. The van der Waals surface area contributed by atoms with Crippen LogP contribution in [0.2, 0.25) is 0 Å². The van der Waals surface area contributed by atoms with E-state index in [2.05, 4.69) is 4.98 Å². The van der Waals surface area contributed by atoms with Crippen molar-refractivity contribution in [3.8, 4) is 0 Å². The van der Waals surface area contributed by atoms with Crippen molar-refractivity contribution < 1.29 is 19.4 Å². The van der Waals surface area contributed by atoms with Gasteiger partial charge in [0.2, 0.25) is 0 Å². The Labute approximate surface area is 116 Å². The van der Waals surface area contributed by atoms with Crippen molar-refractivity contribution in [2.45, 2.75) is 33.3 Å². The Morgan fingerprint density at radius 3 is 2.55 bits per heavy atom. The number of carbonyl (C=O) groups is 2. The molecule has 0 saturated heterocycles. The minimum absolute atomic E-state index is 0.0297. The number of carboxylic acid groups (broad SMARTS) is 1. The van der Waals surface area contributed by atoms with Crippen LogP contribution in [0.25, 0.3) is 11.0 Å². The molecular weight excluding hydrogens is 260 g/mol. The largest absolute Gasteiger partial charge is 0.478 e. The number of aryl methyl sites for hydroxylation is 1. The Hall–Kier alpha value is -2.37. The highest BCUT2D eigenvalue weighted by atomic mass is 16.6. The zero-order valence-corrected chi connectivity index (χ0v) is 11.8. The number of ether oxygens (including phenoxy) is 1. The minimum Gasteiger partial charge on any atom is -0.478 e. The second-order valence-electron chi connectivity index (χ2n) is 5.58. The maximum Gasteiger partial charge on any atom is 0.420 e. The second-order valence-corrected chi connectivity index (χ2v) is 5.58. The normalized spacial score (nSPS) is 11.6. The third-order valence-electron chi connectivity index (χ3n) is 2.60. The van der Waals surface area contributed by atoms with Crippen LogP contribution in [0.3, 0.4) is 0 Å². The summed E-state index contributed by atoms with van der Waals surface area (Å²) in [7, 11) is 0. The number of fused-ring (bicyclic) bond motifs is 1. The Kier molecular flexibility index (Phi) is 3.25. The molecule has 6 nitrogen and oxygen atoms in total. The van der Waals surface area contributed by atoms with Crippen LogP contribution in [0.15, 0.2) is 18.5 Å². The van der Waals surface area contributed by atoms with E-state index in [1.54, 1.807) is 33.0 Å². The molecule has 0 aliphatic heterocycles. The zero-order valence-electron chi connectivity index (χ0n) is 11.8. The van der Waals surface area contributed by atoms with Gasteiger partial charge in [-0.3, -0.25) is 0 Å². The minimum atomic E-state index is -1.11. The Bertz CT molecular complexity index is 695. The van der Waals surface area contributed by atoms with Gasteiger partial charge in [0.05, 0.1) is 5.56 Å². The predicted octanol–water partition coefficient (Wildman–Crippen LogP) is 2.83. The molecule has 2 heterocycles. The first-order valence-corrected chi connectivity index (χ1v) is 6.13. The number of hydrogen-bond donors (Lipinski definition) is 1. The number of carboxylic acids is 1. The van der Waals surface area contributed by atoms with E-state index in [1.165, 1.54) is 6.20 Å². The molecule has 0 saturated carbocycles. The summed E-state index contributed by atoms with van der Waals surface area (Å²) in [6.45, 7) is 7.04. The van der Waals surface area contributed by atoms with Gasteiger partial charge < -0.3 is 9.84 Å². The maximum atomic E-state index is 12.1. The third-order valence-corrected chi connectivity index (χ3v) is 2.60. The van der Waals surface area contributed by atoms with Gasteiger partial charge in [0.15, 0.2) is 0 Å². The van der Waals surface area contributed by atoms with Crippen molar-refractivity contribution in [2.75, 3.05) is 0 Å².